The molecule has 0 radical (unpaired) electrons. The molecule has 1 N–H and O–H groups in total. The molecule has 20 heavy (non-hydrogen) atoms. The quantitative estimate of drug-likeness (QED) is 0.695. The lowest BCUT2D eigenvalue weighted by atomic mass is 10.0. The molecule has 1 aromatic heterocycles. The predicted octanol–water partition coefficient (Wildman–Crippen LogP) is 3.36. The van der Waals surface area contributed by atoms with Gasteiger partial charge in [-0.2, -0.15) is 5.26 Å². The van der Waals surface area contributed by atoms with E-state index in [0.29, 0.717) is 15.6 Å². The number of Topliss-reactive ketones (excluding diaryl/α,β-unsaturated/α-hetero) is 1. The van der Waals surface area contributed by atoms with E-state index in [9.17, 15) is 9.59 Å². The molecule has 2 rings (SSSR count). The van der Waals surface area contributed by atoms with Gasteiger partial charge < -0.3 is 5.32 Å². The average molecular weight is 305 g/mol. The summed E-state index contributed by atoms with van der Waals surface area (Å²) < 4.78 is 0. The largest absolute Gasteiger partial charge is 0.325 e. The molecule has 0 saturated heterocycles. The number of thiophene rings is 1. The van der Waals surface area contributed by atoms with Crippen LogP contribution in [-0.2, 0) is 4.79 Å². The molecular formula is C14H9ClN2O2S. The number of nitriles is 1. The number of nitrogens with one attached hydrogen (secondary N) is 1. The number of benzene rings is 1. The molecule has 0 fully saturated rings. The lowest BCUT2D eigenvalue weighted by molar-refractivity contribution is -0.117. The van der Waals surface area contributed by atoms with Crippen molar-refractivity contribution in [3.05, 3.63) is 51.7 Å². The lowest BCUT2D eigenvalue weighted by Crippen LogP contribution is -2.28. The molecule has 4 nitrogen and oxygen atoms in total. The van der Waals surface area contributed by atoms with Crippen molar-refractivity contribution in [2.75, 3.05) is 5.32 Å². The van der Waals surface area contributed by atoms with Gasteiger partial charge in [-0.25, -0.2) is 0 Å². The monoisotopic (exact) mass is 304 g/mol. The number of amides is 1. The second-order valence-electron chi connectivity index (χ2n) is 3.90. The number of nitrogens with zero attached hydrogens (tertiary/aromatic N) is 1. The molecule has 0 saturated carbocycles. The van der Waals surface area contributed by atoms with Gasteiger partial charge in [0.05, 0.1) is 10.9 Å². The molecule has 1 heterocycles. The standard InChI is InChI=1S/C14H9ClN2O2S/c15-9-3-5-10(6-4-9)17-14(19)11(8-16)13(18)12-2-1-7-20-12/h1-7,11H,(H,17,19). The molecule has 6 heteroatoms. The van der Waals surface area contributed by atoms with Crippen LogP contribution in [0, 0.1) is 17.2 Å². The summed E-state index contributed by atoms with van der Waals surface area (Å²) in [5.41, 5.74) is 0.485. The van der Waals surface area contributed by atoms with Crippen LogP contribution in [0.25, 0.3) is 0 Å². The van der Waals surface area contributed by atoms with Crippen LogP contribution in [-0.4, -0.2) is 11.7 Å². The molecule has 1 unspecified atom stereocenters. The summed E-state index contributed by atoms with van der Waals surface area (Å²) in [6.07, 6.45) is 0. The Bertz CT molecular complexity index is 659. The van der Waals surface area contributed by atoms with Crippen LogP contribution in [0.3, 0.4) is 0 Å². The number of halogens is 1. The van der Waals surface area contributed by atoms with Gasteiger partial charge in [-0.05, 0) is 35.7 Å². The van der Waals surface area contributed by atoms with Crippen molar-refractivity contribution in [2.45, 2.75) is 0 Å². The van der Waals surface area contributed by atoms with E-state index in [0.717, 1.165) is 0 Å². The van der Waals surface area contributed by atoms with Gasteiger partial charge in [0.1, 0.15) is 0 Å². The smallest absolute Gasteiger partial charge is 0.249 e. The first kappa shape index (κ1) is 14.3. The van der Waals surface area contributed by atoms with Gasteiger partial charge in [-0.3, -0.25) is 9.59 Å². The Morgan fingerprint density at radius 3 is 2.50 bits per heavy atom. The van der Waals surface area contributed by atoms with E-state index in [1.807, 2.05) is 0 Å². The molecule has 0 aliphatic rings. The van der Waals surface area contributed by atoms with E-state index < -0.39 is 17.6 Å². The van der Waals surface area contributed by atoms with Crippen molar-refractivity contribution >= 4 is 40.3 Å². The summed E-state index contributed by atoms with van der Waals surface area (Å²) in [5, 5.41) is 13.8. The van der Waals surface area contributed by atoms with Crippen molar-refractivity contribution in [3.63, 3.8) is 0 Å². The van der Waals surface area contributed by atoms with Crippen molar-refractivity contribution < 1.29 is 9.59 Å². The second-order valence-corrected chi connectivity index (χ2v) is 5.28. The Morgan fingerprint density at radius 2 is 1.95 bits per heavy atom. The molecule has 2 aromatic rings. The number of ketones is 1. The fourth-order valence-electron chi connectivity index (χ4n) is 1.54. The highest BCUT2D eigenvalue weighted by atomic mass is 35.5. The van der Waals surface area contributed by atoms with Crippen LogP contribution < -0.4 is 5.32 Å². The summed E-state index contributed by atoms with van der Waals surface area (Å²) in [4.78, 5) is 24.4. The van der Waals surface area contributed by atoms with Gasteiger partial charge in [-0.1, -0.05) is 17.7 Å². The summed E-state index contributed by atoms with van der Waals surface area (Å²) in [7, 11) is 0. The fourth-order valence-corrected chi connectivity index (χ4v) is 2.37. The van der Waals surface area contributed by atoms with Crippen molar-refractivity contribution in [1.29, 1.82) is 5.26 Å². The van der Waals surface area contributed by atoms with Gasteiger partial charge >= 0.3 is 0 Å². The number of rotatable bonds is 4. The topological polar surface area (TPSA) is 70.0 Å². The molecule has 1 atom stereocenters. The molecule has 0 aliphatic carbocycles. The summed E-state index contributed by atoms with van der Waals surface area (Å²) >= 11 is 6.94. The van der Waals surface area contributed by atoms with Crippen LogP contribution in [0.4, 0.5) is 5.69 Å². The third-order valence-corrected chi connectivity index (χ3v) is 3.67. The Morgan fingerprint density at radius 1 is 1.25 bits per heavy atom. The molecule has 0 spiro atoms. The number of hydrogen-bond donors (Lipinski definition) is 1. The maximum Gasteiger partial charge on any atom is 0.249 e. The first-order valence-corrected chi connectivity index (χ1v) is 6.91. The zero-order valence-electron chi connectivity index (χ0n) is 10.2. The number of carbonyl (C=O) groups excluding carboxylic acids is 2. The maximum absolute atomic E-state index is 12.0. The highest BCUT2D eigenvalue weighted by Gasteiger charge is 2.28. The predicted molar refractivity (Wildman–Crippen MR) is 77.8 cm³/mol. The molecule has 1 amide bonds. The van der Waals surface area contributed by atoms with Gasteiger partial charge in [-0.15, -0.1) is 11.3 Å². The molecular weight excluding hydrogens is 296 g/mol. The van der Waals surface area contributed by atoms with E-state index in [1.54, 1.807) is 47.8 Å². The first-order valence-electron chi connectivity index (χ1n) is 5.65. The van der Waals surface area contributed by atoms with E-state index in [4.69, 9.17) is 16.9 Å². The minimum absolute atomic E-state index is 0.391. The van der Waals surface area contributed by atoms with Crippen molar-refractivity contribution in [1.82, 2.24) is 0 Å². The minimum atomic E-state index is -1.36. The SMILES string of the molecule is N#CC(C(=O)Nc1ccc(Cl)cc1)C(=O)c1cccs1. The van der Waals surface area contributed by atoms with E-state index in [-0.39, 0.29) is 0 Å². The normalized spacial score (nSPS) is 11.4. The average Bonchev–Trinajstić information content (AvgIpc) is 2.96. The number of anilines is 1. The van der Waals surface area contributed by atoms with Crippen LogP contribution in [0.15, 0.2) is 41.8 Å². The highest BCUT2D eigenvalue weighted by molar-refractivity contribution is 7.12. The highest BCUT2D eigenvalue weighted by Crippen LogP contribution is 2.18. The van der Waals surface area contributed by atoms with E-state index in [1.165, 1.54) is 11.3 Å². The molecule has 0 bridgehead atoms. The third-order valence-electron chi connectivity index (χ3n) is 2.53. The Balaban J connectivity index is 2.12. The summed E-state index contributed by atoms with van der Waals surface area (Å²) in [6, 6.07) is 11.5. The van der Waals surface area contributed by atoms with Crippen LogP contribution in [0.1, 0.15) is 9.67 Å². The van der Waals surface area contributed by atoms with Crippen LogP contribution in [0.5, 0.6) is 0 Å². The zero-order chi connectivity index (χ0) is 14.5. The number of hydrogen-bond acceptors (Lipinski definition) is 4. The number of carbonyl (C=O) groups is 2. The van der Waals surface area contributed by atoms with Crippen LogP contribution in [0.2, 0.25) is 5.02 Å². The third kappa shape index (κ3) is 3.23. The fraction of sp³-hybridized carbons (Fsp3) is 0.0714. The van der Waals surface area contributed by atoms with Crippen LogP contribution >= 0.6 is 22.9 Å². The van der Waals surface area contributed by atoms with E-state index in [2.05, 4.69) is 5.32 Å². The molecule has 1 aromatic carbocycles. The Labute approximate surface area is 124 Å². The summed E-state index contributed by atoms with van der Waals surface area (Å²) in [5.74, 6) is -2.49. The lowest BCUT2D eigenvalue weighted by Gasteiger charge is -2.08. The van der Waals surface area contributed by atoms with Gasteiger partial charge in [0.25, 0.3) is 0 Å². The van der Waals surface area contributed by atoms with Crippen molar-refractivity contribution in [2.24, 2.45) is 5.92 Å². The van der Waals surface area contributed by atoms with E-state index >= 15 is 0 Å². The van der Waals surface area contributed by atoms with Gasteiger partial charge in [0.15, 0.2) is 11.7 Å². The summed E-state index contributed by atoms with van der Waals surface area (Å²) in [6.45, 7) is 0. The second kappa shape index (κ2) is 6.33. The first-order chi connectivity index (χ1) is 9.61. The Kier molecular flexibility index (Phi) is 4.51. The van der Waals surface area contributed by atoms with Crippen molar-refractivity contribution in [3.8, 4) is 6.07 Å². The maximum atomic E-state index is 12.0. The molecule has 0 aliphatic heterocycles. The molecule has 100 valence electrons. The zero-order valence-corrected chi connectivity index (χ0v) is 11.7. The van der Waals surface area contributed by atoms with Gasteiger partial charge in [0, 0.05) is 10.7 Å². The minimum Gasteiger partial charge on any atom is -0.325 e. The Hall–Kier alpha value is -2.16. The van der Waals surface area contributed by atoms with Gasteiger partial charge in [0.2, 0.25) is 5.91 Å².